The van der Waals surface area contributed by atoms with Crippen molar-refractivity contribution >= 4 is 34.9 Å². The molecule has 41 heavy (non-hydrogen) atoms. The lowest BCUT2D eigenvalue weighted by atomic mass is 9.79. The van der Waals surface area contributed by atoms with Crippen molar-refractivity contribution in [2.24, 2.45) is 22.3 Å². The van der Waals surface area contributed by atoms with Crippen molar-refractivity contribution in [1.82, 2.24) is 0 Å². The van der Waals surface area contributed by atoms with Gasteiger partial charge in [-0.3, -0.25) is 9.59 Å². The highest BCUT2D eigenvalue weighted by Gasteiger charge is 2.42. The number of hydrogen-bond donors (Lipinski definition) is 2. The van der Waals surface area contributed by atoms with Gasteiger partial charge < -0.3 is 30.4 Å². The van der Waals surface area contributed by atoms with Crippen LogP contribution in [0.1, 0.15) is 55.4 Å². The first-order valence-corrected chi connectivity index (χ1v) is 13.3. The Bertz CT molecular complexity index is 1180. The molecule has 220 valence electrons. The lowest BCUT2D eigenvalue weighted by Crippen LogP contribution is -2.22. The summed E-state index contributed by atoms with van der Waals surface area (Å²) in [6.45, 7) is 16.0. The summed E-state index contributed by atoms with van der Waals surface area (Å²) in [5, 5.41) is 0. The normalized spacial score (nSPS) is 26.4. The van der Waals surface area contributed by atoms with Gasteiger partial charge in [0.25, 0.3) is 0 Å². The van der Waals surface area contributed by atoms with E-state index >= 15 is 0 Å². The van der Waals surface area contributed by atoms with Gasteiger partial charge in [0.05, 0.1) is 0 Å². The lowest BCUT2D eigenvalue weighted by molar-refractivity contribution is -0.127. The number of carbonyl (C=O) groups is 2. The maximum atomic E-state index is 10.6. The summed E-state index contributed by atoms with van der Waals surface area (Å²) in [7, 11) is 0. The van der Waals surface area contributed by atoms with Gasteiger partial charge in [0, 0.05) is 50.7 Å². The molecular formula is C32H44MgN2O6. The average Bonchev–Trinajstić information content (AvgIpc) is 3.24. The van der Waals surface area contributed by atoms with Crippen molar-refractivity contribution in [3.8, 4) is 0 Å². The average molecular weight is 577 g/mol. The Morgan fingerprint density at radius 2 is 1.00 bits per heavy atom. The van der Waals surface area contributed by atoms with Crippen molar-refractivity contribution in [2.75, 3.05) is 0 Å². The summed E-state index contributed by atoms with van der Waals surface area (Å²) in [6, 6.07) is 0. The van der Waals surface area contributed by atoms with Crippen LogP contribution in [-0.2, 0) is 28.5 Å². The maximum absolute atomic E-state index is 10.6. The Hall–Kier alpha value is -2.85. The van der Waals surface area contributed by atoms with Crippen LogP contribution in [-0.4, -0.2) is 58.6 Å². The Balaban J connectivity index is 0.000000280. The topological polar surface area (TPSA) is 123 Å². The van der Waals surface area contributed by atoms with Gasteiger partial charge in [-0.25, -0.2) is 0 Å². The minimum Gasteiger partial charge on any atom is -0.464 e. The van der Waals surface area contributed by atoms with E-state index < -0.39 is 23.4 Å². The van der Waals surface area contributed by atoms with E-state index in [-0.39, 0.29) is 46.1 Å². The van der Waals surface area contributed by atoms with Gasteiger partial charge in [0.15, 0.2) is 0 Å². The van der Waals surface area contributed by atoms with Crippen molar-refractivity contribution in [3.05, 3.63) is 95.6 Å². The zero-order chi connectivity index (χ0) is 29.9. The third-order valence-corrected chi connectivity index (χ3v) is 6.56. The molecule has 0 aromatic heterocycles. The smallest absolute Gasteiger partial charge is 0.316 e. The first kappa shape index (κ1) is 34.3. The first-order chi connectivity index (χ1) is 18.4. The van der Waals surface area contributed by atoms with E-state index in [1.54, 1.807) is 24.3 Å². The molecule has 2 aliphatic carbocycles. The molecule has 0 bridgehead atoms. The van der Waals surface area contributed by atoms with Crippen LogP contribution in [0, 0.1) is 10.8 Å². The van der Waals surface area contributed by atoms with E-state index in [2.05, 4.69) is 52.0 Å². The van der Waals surface area contributed by atoms with Crippen LogP contribution in [0.25, 0.3) is 0 Å². The zero-order valence-electron chi connectivity index (χ0n) is 24.7. The molecule has 0 saturated carbocycles. The van der Waals surface area contributed by atoms with Crippen molar-refractivity contribution in [2.45, 2.75) is 79.2 Å². The number of carbonyl (C=O) groups excluding carboxylic acids is 2. The molecule has 4 rings (SSSR count). The van der Waals surface area contributed by atoms with Gasteiger partial charge in [-0.05, 0) is 35.5 Å². The molecule has 0 aromatic rings. The van der Waals surface area contributed by atoms with E-state index in [9.17, 15) is 9.59 Å². The molecule has 2 heterocycles. The minimum atomic E-state index is -0.589. The van der Waals surface area contributed by atoms with Gasteiger partial charge in [0.1, 0.15) is 23.7 Å². The van der Waals surface area contributed by atoms with Gasteiger partial charge >= 0.3 is 23.1 Å². The SMILES string of the molecule is CC1(C)OC2=CC(C)(C)C(/C=C/C=CC(N)=O)=CC2O1.CC1(C)OC2=CC(C)(C)C(/C=C/C=CC(N)=O)=CC2O1.[MgH2]. The van der Waals surface area contributed by atoms with Gasteiger partial charge in [-0.1, -0.05) is 64.2 Å². The maximum Gasteiger partial charge on any atom is 0.316 e. The van der Waals surface area contributed by atoms with Crippen LogP contribution in [0.5, 0.6) is 0 Å². The summed E-state index contributed by atoms with van der Waals surface area (Å²) < 4.78 is 23.2. The standard InChI is InChI=1S/2C16H21NO3.Mg.2H/c2*1-15(2)10-13-12(19-16(3,4)20-13)9-11(15)7-5-6-8-14(17)18;;;/h2*5-10,12H,1-4H3,(H2,17,18);;;/b2*7-5+,8-6?;;;. The number of ether oxygens (including phenoxy) is 4. The molecule has 2 atom stereocenters. The fraction of sp³-hybridized carbons (Fsp3) is 0.438. The fourth-order valence-corrected chi connectivity index (χ4v) is 4.71. The van der Waals surface area contributed by atoms with Gasteiger partial charge in [-0.2, -0.15) is 0 Å². The second-order valence-electron chi connectivity index (χ2n) is 12.1. The molecule has 2 fully saturated rings. The summed E-state index contributed by atoms with van der Waals surface area (Å²) in [5.74, 6) is -0.358. The highest BCUT2D eigenvalue weighted by molar-refractivity contribution is 5.86. The molecule has 8 nitrogen and oxygen atoms in total. The summed E-state index contributed by atoms with van der Waals surface area (Å²) >= 11 is 0. The van der Waals surface area contributed by atoms with Crippen molar-refractivity contribution < 1.29 is 28.5 Å². The van der Waals surface area contributed by atoms with Crippen LogP contribution in [0.15, 0.2) is 95.6 Å². The molecule has 0 spiro atoms. The Morgan fingerprint density at radius 3 is 1.32 bits per heavy atom. The summed E-state index contributed by atoms with van der Waals surface area (Å²) in [4.78, 5) is 21.3. The number of nitrogens with two attached hydrogens (primary N) is 2. The predicted molar refractivity (Wildman–Crippen MR) is 163 cm³/mol. The molecule has 2 aliphatic heterocycles. The summed E-state index contributed by atoms with van der Waals surface area (Å²) in [5.41, 5.74) is 12.0. The third kappa shape index (κ3) is 9.60. The van der Waals surface area contributed by atoms with Crippen LogP contribution >= 0.6 is 0 Å². The second kappa shape index (κ2) is 13.0. The van der Waals surface area contributed by atoms with Crippen LogP contribution < -0.4 is 11.5 Å². The molecule has 4 aliphatic rings. The molecule has 2 saturated heterocycles. The molecular weight excluding hydrogens is 533 g/mol. The first-order valence-electron chi connectivity index (χ1n) is 13.3. The minimum absolute atomic E-state index is 0. The molecule has 2 amide bonds. The number of hydrogen-bond acceptors (Lipinski definition) is 6. The van der Waals surface area contributed by atoms with Gasteiger partial charge in [-0.15, -0.1) is 0 Å². The fourth-order valence-electron chi connectivity index (χ4n) is 4.71. The van der Waals surface area contributed by atoms with Gasteiger partial charge in [0.2, 0.25) is 23.4 Å². The van der Waals surface area contributed by atoms with Crippen LogP contribution in [0.4, 0.5) is 0 Å². The highest BCUT2D eigenvalue weighted by atomic mass is 24.3. The quantitative estimate of drug-likeness (QED) is 0.277. The van der Waals surface area contributed by atoms with Crippen molar-refractivity contribution in [1.29, 1.82) is 0 Å². The molecule has 2 unspecified atom stereocenters. The summed E-state index contributed by atoms with van der Waals surface area (Å²) in [6.07, 6.45) is 21.4. The highest BCUT2D eigenvalue weighted by Crippen LogP contribution is 2.43. The largest absolute Gasteiger partial charge is 0.464 e. The Morgan fingerprint density at radius 1 is 0.659 bits per heavy atom. The number of fused-ring (bicyclic) bond motifs is 2. The van der Waals surface area contributed by atoms with E-state index in [4.69, 9.17) is 30.4 Å². The predicted octanol–water partition coefficient (Wildman–Crippen LogP) is 4.26. The number of rotatable bonds is 6. The van der Waals surface area contributed by atoms with E-state index in [1.165, 1.54) is 12.2 Å². The Kier molecular flexibility index (Phi) is 10.9. The lowest BCUT2D eigenvalue weighted by Gasteiger charge is -2.28. The van der Waals surface area contributed by atoms with Crippen LogP contribution in [0.3, 0.4) is 0 Å². The molecule has 0 aromatic carbocycles. The van der Waals surface area contributed by atoms with E-state index in [0.29, 0.717) is 0 Å². The zero-order valence-corrected chi connectivity index (χ0v) is 24.7. The second-order valence-corrected chi connectivity index (χ2v) is 12.1. The molecule has 9 heteroatoms. The van der Waals surface area contributed by atoms with Crippen LogP contribution in [0.2, 0.25) is 0 Å². The van der Waals surface area contributed by atoms with E-state index in [0.717, 1.165) is 22.7 Å². The third-order valence-electron chi connectivity index (χ3n) is 6.56. The number of amides is 2. The van der Waals surface area contributed by atoms with Crippen molar-refractivity contribution in [3.63, 3.8) is 0 Å². The molecule has 0 radical (unpaired) electrons. The monoisotopic (exact) mass is 576 g/mol. The molecule has 4 N–H and O–H groups in total. The number of allylic oxidation sites excluding steroid dienone is 10. The Labute approximate surface area is 259 Å². The van der Waals surface area contributed by atoms with E-state index in [1.807, 2.05) is 39.8 Å². The number of primary amides is 2.